The van der Waals surface area contributed by atoms with E-state index < -0.39 is 315 Å². The number of aliphatic hydroxyl groups is 20. The number of carbonyl (C=O) groups is 5. The van der Waals surface area contributed by atoms with E-state index in [0.29, 0.717) is 12.8 Å². The van der Waals surface area contributed by atoms with Gasteiger partial charge in [-0.05, 0) is 26.2 Å². The zero-order chi connectivity index (χ0) is 99.2. The molecule has 0 aromatic carbocycles. The number of hydrogen-bond acceptors (Lipinski definition) is 39. The van der Waals surface area contributed by atoms with Crippen LogP contribution in [0.3, 0.4) is 0 Å². The molecule has 7 aliphatic rings. The van der Waals surface area contributed by atoms with Crippen LogP contribution in [0.4, 0.5) is 0 Å². The van der Waals surface area contributed by atoms with Crippen molar-refractivity contribution in [2.45, 2.75) is 486 Å². The smallest absolute Gasteiger partial charge is 0.364 e. The average Bonchev–Trinajstić information content (AvgIpc) is 0.760. The number of allylic oxidation sites excluding steroid dienone is 1. The van der Waals surface area contributed by atoms with E-state index in [1.807, 2.05) is 0 Å². The molecule has 135 heavy (non-hydrogen) atoms. The van der Waals surface area contributed by atoms with Crippen molar-refractivity contribution in [1.29, 1.82) is 0 Å². The van der Waals surface area contributed by atoms with E-state index in [1.54, 1.807) is 6.08 Å². The predicted octanol–water partition coefficient (Wildman–Crippen LogP) is -2.66. The molecule has 0 saturated carbocycles. The maximum absolute atomic E-state index is 14.1. The minimum atomic E-state index is -3.48. The number of aliphatic carboxylic acids is 1. The Bertz CT molecular complexity index is 3360. The quantitative estimate of drug-likeness (QED) is 0.0218. The van der Waals surface area contributed by atoms with E-state index in [-0.39, 0.29) is 6.42 Å². The summed E-state index contributed by atoms with van der Waals surface area (Å²) in [5, 5.41) is 249. The van der Waals surface area contributed by atoms with Crippen LogP contribution < -0.4 is 21.3 Å². The van der Waals surface area contributed by atoms with E-state index in [2.05, 4.69) is 35.1 Å². The monoisotopic (exact) mass is 1950 g/mol. The fourth-order valence-corrected chi connectivity index (χ4v) is 18.3. The number of unbranched alkanes of at least 4 members (excludes halogenated alkanes) is 29. The highest BCUT2D eigenvalue weighted by Crippen LogP contribution is 2.43. The Hall–Kier alpha value is -4.27. The van der Waals surface area contributed by atoms with Crippen LogP contribution in [0.5, 0.6) is 0 Å². The Kier molecular flexibility index (Phi) is 53.2. The standard InChI is InChI=1S/C91H162N4O40/c1-7-9-11-13-15-17-19-21-22-23-24-25-26-28-30-32-34-36-38-40-62(108)95-53(54(105)39-37-35-33-31-29-27-20-18-16-14-12-10-8-2)48-122-86-74(117)72(115)77(60(46-100)127-86)129-89-76(119)83(135-91(90(120)121)41-55(106)63(92-50(4)102)81(134-91)67(110)56(107)42-96)78(61(47-101)128-89)130-84-64(93-51(5)103)80(69(112)57(43-97)124-84)132-88-75(118)82(70(113)59(45-99)126-88)133-85-65(94-52(6)104)79(68(111)58(44-98)125-85)131-87-73(116)71(114)66(109)49(3)123-87/h37,39,49,53-61,63-89,96-101,105-107,109-119H,7-36,38,40-48H2,1-6H3,(H,92,102)(H,93,103)(H,94,104)(H,95,108)(H,120,121)/b39-37+/t49?,53-,54+,55?,56+,57?,58?,59?,60?,61?,63+,64?,65?,66+,67+,68-,69-,70-,71?,72+,73-,74?,75?,76?,77+,78-,79+,80+,81?,82-,83+,84-,85-,86+,87+,88-,89-,91-/m0/s1. The number of rotatable bonds is 62. The third-order valence-corrected chi connectivity index (χ3v) is 26.2. The van der Waals surface area contributed by atoms with Crippen molar-refractivity contribution in [3.63, 3.8) is 0 Å². The maximum Gasteiger partial charge on any atom is 0.364 e. The highest BCUT2D eigenvalue weighted by molar-refractivity contribution is 5.77. The zero-order valence-corrected chi connectivity index (χ0v) is 78.9. The van der Waals surface area contributed by atoms with E-state index in [0.717, 1.165) is 85.0 Å². The van der Waals surface area contributed by atoms with Gasteiger partial charge >= 0.3 is 5.97 Å². The molecule has 7 heterocycles. The average molecular weight is 1950 g/mol. The van der Waals surface area contributed by atoms with Gasteiger partial charge in [-0.15, -0.1) is 0 Å². The number of carboxylic acids is 1. The van der Waals surface area contributed by atoms with Crippen LogP contribution >= 0.6 is 0 Å². The van der Waals surface area contributed by atoms with Crippen LogP contribution in [0.25, 0.3) is 0 Å². The lowest BCUT2D eigenvalue weighted by molar-refractivity contribution is -0.404. The highest BCUT2D eigenvalue weighted by Gasteiger charge is 2.63. The van der Waals surface area contributed by atoms with Crippen molar-refractivity contribution in [2.24, 2.45) is 0 Å². The maximum atomic E-state index is 14.1. The summed E-state index contributed by atoms with van der Waals surface area (Å²) in [6.07, 6.45) is -31.7. The predicted molar refractivity (Wildman–Crippen MR) is 472 cm³/mol. The van der Waals surface area contributed by atoms with Gasteiger partial charge in [-0.25, -0.2) is 4.79 Å². The summed E-state index contributed by atoms with van der Waals surface area (Å²) in [4.78, 5) is 67.1. The summed E-state index contributed by atoms with van der Waals surface area (Å²) in [6.45, 7) is 0.910. The molecule has 44 nitrogen and oxygen atoms in total. The molecular weight excluding hydrogens is 1790 g/mol. The number of nitrogens with one attached hydrogen (secondary N) is 4. The van der Waals surface area contributed by atoms with Crippen LogP contribution in [-0.2, 0) is 90.3 Å². The second-order valence-corrected chi connectivity index (χ2v) is 37.0. The summed E-state index contributed by atoms with van der Waals surface area (Å²) in [5.41, 5.74) is 0. The Morgan fingerprint density at radius 3 is 1.21 bits per heavy atom. The number of carboxylic acid groups (broad SMARTS) is 1. The third-order valence-electron chi connectivity index (χ3n) is 26.2. The van der Waals surface area contributed by atoms with Gasteiger partial charge in [-0.3, -0.25) is 19.2 Å². The zero-order valence-electron chi connectivity index (χ0n) is 78.9. The van der Waals surface area contributed by atoms with Gasteiger partial charge in [0, 0.05) is 33.6 Å². The van der Waals surface area contributed by atoms with E-state index >= 15 is 0 Å². The van der Waals surface area contributed by atoms with Gasteiger partial charge < -0.3 is 195 Å². The molecule has 7 rings (SSSR count). The van der Waals surface area contributed by atoms with Crippen LogP contribution in [0.2, 0.25) is 0 Å². The first-order valence-corrected chi connectivity index (χ1v) is 49.0. The van der Waals surface area contributed by atoms with Crippen molar-refractivity contribution < 1.29 is 198 Å². The number of carbonyl (C=O) groups excluding carboxylic acids is 4. The van der Waals surface area contributed by atoms with E-state index in [1.165, 1.54) is 135 Å². The third kappa shape index (κ3) is 35.1. The lowest BCUT2D eigenvalue weighted by Crippen LogP contribution is -2.72. The molecule has 25 N–H and O–H groups in total. The Morgan fingerprint density at radius 1 is 0.400 bits per heavy atom. The first-order valence-electron chi connectivity index (χ1n) is 49.0. The SMILES string of the molecule is CCCCCCCCCCCCC/C=C/[C@@H](O)[C@H](CO[C@@H]1OC(CO)[C@@H](O[C@@H]2OC(CO)[C@H](O[C@@H]3OC(CO)[C@H](O)[C@H](O[C@@H]4OC(CO)[C@H](O)[C@H](O[C@@H]5OC(CO)[C@H](O)[C@H](O[C@H]6OC(C)[C@@H](O)C(O)[C@@H]6O)C5NC(C)=O)C4O)C3NC(C)=O)[C@H](O[C@]3(C(=O)O)CC(O)[C@@H](NC(C)=O)C([C@H](O)[C@H](O)CO)O3)C2O)[C@H](O)C1O)NC(=O)CCCCCCCCCCCCCCCCCCCCC. The van der Waals surface area contributed by atoms with E-state index in [4.69, 9.17) is 66.3 Å². The van der Waals surface area contributed by atoms with Crippen molar-refractivity contribution in [3.8, 4) is 0 Å². The molecule has 0 aromatic rings. The molecule has 0 aliphatic carbocycles. The van der Waals surface area contributed by atoms with Crippen LogP contribution in [0.15, 0.2) is 12.2 Å². The Labute approximate surface area is 789 Å². The molecule has 0 bridgehead atoms. The van der Waals surface area contributed by atoms with Crippen LogP contribution in [-0.4, -0.2) is 416 Å². The fourth-order valence-electron chi connectivity index (χ4n) is 18.3. The van der Waals surface area contributed by atoms with Gasteiger partial charge in [0.2, 0.25) is 23.6 Å². The molecule has 0 radical (unpaired) electrons. The minimum absolute atomic E-state index is 0.101. The molecular formula is C91H162N4O40. The Balaban J connectivity index is 1.13. The molecule has 4 amide bonds. The number of aliphatic hydroxyl groups excluding tert-OH is 20. The number of ether oxygens (including phenoxy) is 14. The number of hydrogen-bond donors (Lipinski definition) is 25. The topological polar surface area (TPSA) is 688 Å². The molecule has 786 valence electrons. The molecule has 14 unspecified atom stereocenters. The molecule has 0 aromatic heterocycles. The van der Waals surface area contributed by atoms with Gasteiger partial charge in [0.1, 0.15) is 159 Å². The van der Waals surface area contributed by atoms with Gasteiger partial charge in [-0.2, -0.15) is 0 Å². The number of amides is 4. The summed E-state index contributed by atoms with van der Waals surface area (Å²) >= 11 is 0. The van der Waals surface area contributed by atoms with Crippen molar-refractivity contribution in [1.82, 2.24) is 21.3 Å². The highest BCUT2D eigenvalue weighted by atomic mass is 16.8. The normalized spacial score (nSPS) is 36.7. The van der Waals surface area contributed by atoms with Crippen molar-refractivity contribution in [2.75, 3.05) is 46.2 Å². The van der Waals surface area contributed by atoms with Gasteiger partial charge in [0.15, 0.2) is 37.7 Å². The van der Waals surface area contributed by atoms with Crippen LogP contribution in [0, 0.1) is 0 Å². The fraction of sp³-hybridized carbons (Fsp3) is 0.923. The van der Waals surface area contributed by atoms with Crippen molar-refractivity contribution >= 4 is 29.6 Å². The largest absolute Gasteiger partial charge is 0.477 e. The summed E-state index contributed by atoms with van der Waals surface area (Å²) in [5.74, 6) is -8.94. The second-order valence-electron chi connectivity index (χ2n) is 37.0. The molecule has 44 heteroatoms. The summed E-state index contributed by atoms with van der Waals surface area (Å²) in [7, 11) is 0. The molecule has 7 aliphatic heterocycles. The van der Waals surface area contributed by atoms with Gasteiger partial charge in [-0.1, -0.05) is 206 Å². The molecule has 38 atom stereocenters. The Morgan fingerprint density at radius 2 is 0.770 bits per heavy atom. The van der Waals surface area contributed by atoms with Crippen molar-refractivity contribution in [3.05, 3.63) is 12.2 Å². The first-order chi connectivity index (χ1) is 64.6. The van der Waals surface area contributed by atoms with E-state index in [9.17, 15) is 131 Å². The second kappa shape index (κ2) is 61.0. The summed E-state index contributed by atoms with van der Waals surface area (Å²) in [6, 6.07) is -6.92. The van der Waals surface area contributed by atoms with Crippen LogP contribution in [0.1, 0.15) is 253 Å². The molecule has 7 saturated heterocycles. The minimum Gasteiger partial charge on any atom is -0.477 e. The lowest BCUT2D eigenvalue weighted by Gasteiger charge is -2.53. The molecule has 0 spiro atoms. The molecule has 7 fully saturated rings. The first kappa shape index (κ1) is 118. The van der Waals surface area contributed by atoms with Gasteiger partial charge in [0.25, 0.3) is 5.79 Å². The van der Waals surface area contributed by atoms with Gasteiger partial charge in [0.05, 0.1) is 76.6 Å². The summed E-state index contributed by atoms with van der Waals surface area (Å²) < 4.78 is 85.1. The lowest BCUT2D eigenvalue weighted by atomic mass is 9.88.